The van der Waals surface area contributed by atoms with Crippen LogP contribution in [0.25, 0.3) is 33.3 Å². The molecule has 3 aromatic heterocycles. The van der Waals surface area contributed by atoms with E-state index >= 15 is 0 Å². The second kappa shape index (κ2) is 7.26. The summed E-state index contributed by atoms with van der Waals surface area (Å²) < 4.78 is 30.1. The van der Waals surface area contributed by atoms with Crippen LogP contribution < -0.4 is 5.32 Å². The number of carboxylic acid groups (broad SMARTS) is 1. The van der Waals surface area contributed by atoms with Gasteiger partial charge in [0.05, 0.1) is 16.8 Å². The Bertz CT molecular complexity index is 1400. The number of nitrogens with one attached hydrogen (secondary N) is 2. The number of hydrogen-bond acceptors (Lipinski definition) is 4. The van der Waals surface area contributed by atoms with Gasteiger partial charge in [-0.05, 0) is 49.7 Å². The van der Waals surface area contributed by atoms with E-state index in [4.69, 9.17) is 4.98 Å². The predicted molar refractivity (Wildman–Crippen MR) is 120 cm³/mol. The monoisotopic (exact) mass is 451 g/mol. The van der Waals surface area contributed by atoms with Crippen molar-refractivity contribution in [2.75, 3.05) is 5.32 Å². The Morgan fingerprint density at radius 3 is 2.67 bits per heavy atom. The van der Waals surface area contributed by atoms with Crippen LogP contribution in [0.5, 0.6) is 0 Å². The average molecular weight is 451 g/mol. The molecule has 0 spiro atoms. The second-order valence-corrected chi connectivity index (χ2v) is 9.28. The minimum atomic E-state index is -0.775. The van der Waals surface area contributed by atoms with Gasteiger partial charge >= 0.3 is 5.97 Å². The number of carboxylic acids is 1. The number of aromatic nitrogens is 4. The number of hydrogen-bond donors (Lipinski definition) is 3. The Morgan fingerprint density at radius 1 is 1.15 bits per heavy atom. The second-order valence-electron chi connectivity index (χ2n) is 9.28. The molecule has 3 aliphatic rings. The minimum Gasteiger partial charge on any atom is -0.481 e. The lowest BCUT2D eigenvalue weighted by molar-refractivity contribution is -0.148. The van der Waals surface area contributed by atoms with Crippen molar-refractivity contribution in [2.24, 2.45) is 24.8 Å². The first-order chi connectivity index (χ1) is 15.9. The number of carbonyl (C=O) groups is 1. The summed E-state index contributed by atoms with van der Waals surface area (Å²) in [4.78, 5) is 24.4. The Balaban J connectivity index is 1.49. The number of H-pyrrole nitrogens is 1. The molecular weight excluding hydrogens is 428 g/mol. The van der Waals surface area contributed by atoms with E-state index in [0.717, 1.165) is 37.1 Å². The number of aliphatic carboxylic acids is 1. The molecule has 2 bridgehead atoms. The van der Waals surface area contributed by atoms with Crippen LogP contribution in [0.15, 0.2) is 30.6 Å². The van der Waals surface area contributed by atoms with Crippen LogP contribution in [-0.4, -0.2) is 36.6 Å². The van der Waals surface area contributed by atoms with Crippen LogP contribution >= 0.6 is 0 Å². The molecule has 9 heteroatoms. The zero-order chi connectivity index (χ0) is 22.9. The van der Waals surface area contributed by atoms with Gasteiger partial charge in [-0.15, -0.1) is 0 Å². The van der Waals surface area contributed by atoms with Gasteiger partial charge in [0.2, 0.25) is 0 Å². The molecule has 3 heterocycles. The molecule has 3 saturated carbocycles. The van der Waals surface area contributed by atoms with Crippen LogP contribution in [0, 0.1) is 29.4 Å². The number of aromatic amines is 1. The molecule has 4 aromatic rings. The van der Waals surface area contributed by atoms with Crippen molar-refractivity contribution >= 4 is 33.7 Å². The Kier molecular flexibility index (Phi) is 4.43. The van der Waals surface area contributed by atoms with Gasteiger partial charge in [-0.25, -0.2) is 18.7 Å². The van der Waals surface area contributed by atoms with Crippen molar-refractivity contribution < 1.29 is 18.7 Å². The summed E-state index contributed by atoms with van der Waals surface area (Å²) in [7, 11) is 1.86. The largest absolute Gasteiger partial charge is 0.481 e. The lowest BCUT2D eigenvalue weighted by atomic mass is 9.61. The molecule has 3 aliphatic carbocycles. The molecule has 7 rings (SSSR count). The maximum Gasteiger partial charge on any atom is 0.308 e. The number of nitrogens with zero attached hydrogens (tertiary/aromatic N) is 3. The highest BCUT2D eigenvalue weighted by Gasteiger charge is 2.47. The topological polar surface area (TPSA) is 95.8 Å². The summed E-state index contributed by atoms with van der Waals surface area (Å²) in [5.41, 5.74) is 1.32. The first kappa shape index (κ1) is 20.1. The van der Waals surface area contributed by atoms with E-state index in [0.29, 0.717) is 28.2 Å². The molecule has 3 N–H and O–H groups in total. The Morgan fingerprint density at radius 2 is 1.91 bits per heavy atom. The number of anilines is 1. The van der Waals surface area contributed by atoms with E-state index in [1.165, 1.54) is 6.07 Å². The number of benzene rings is 1. The summed E-state index contributed by atoms with van der Waals surface area (Å²) in [6.07, 6.45) is 7.34. The van der Waals surface area contributed by atoms with Crippen molar-refractivity contribution in [2.45, 2.75) is 31.7 Å². The van der Waals surface area contributed by atoms with E-state index in [1.54, 1.807) is 6.20 Å². The number of aryl methyl sites for hydroxylation is 1. The molecule has 2 unspecified atom stereocenters. The molecule has 2 atom stereocenters. The Hall–Kier alpha value is -3.49. The highest BCUT2D eigenvalue weighted by Crippen LogP contribution is 2.46. The van der Waals surface area contributed by atoms with Crippen molar-refractivity contribution in [1.82, 2.24) is 19.5 Å². The van der Waals surface area contributed by atoms with Crippen molar-refractivity contribution in [1.29, 1.82) is 0 Å². The number of halogens is 2. The van der Waals surface area contributed by atoms with E-state index in [-0.39, 0.29) is 23.4 Å². The third kappa shape index (κ3) is 3.09. The minimum absolute atomic E-state index is 0.164. The molecule has 33 heavy (non-hydrogen) atoms. The summed E-state index contributed by atoms with van der Waals surface area (Å²) in [5, 5.41) is 14.6. The third-order valence-corrected chi connectivity index (χ3v) is 7.48. The van der Waals surface area contributed by atoms with Crippen LogP contribution in [0.3, 0.4) is 0 Å². The lowest BCUT2D eigenvalue weighted by Gasteiger charge is -2.47. The molecule has 3 fully saturated rings. The number of fused-ring (bicyclic) bond motifs is 5. The van der Waals surface area contributed by atoms with E-state index in [1.807, 2.05) is 23.9 Å². The zero-order valence-corrected chi connectivity index (χ0v) is 18.0. The summed E-state index contributed by atoms with van der Waals surface area (Å²) in [5.74, 6) is -1.31. The first-order valence-electron chi connectivity index (χ1n) is 11.2. The molecule has 0 aliphatic heterocycles. The summed E-state index contributed by atoms with van der Waals surface area (Å²) >= 11 is 0. The molecule has 0 saturated heterocycles. The standard InChI is InChI=1S/C24H23F2N5O2/c1-31-7-6-14-21(28-19-12-4-2-11(3-5-12)18(19)24(32)33)29-22(30-23(14)31)16-10-27-20-15(16)8-13(25)9-17(20)26/h6-12,18-19,27H,2-5H2,1H3,(H,32,33)(H,28,29,30). The van der Waals surface area contributed by atoms with Gasteiger partial charge in [-0.3, -0.25) is 4.79 Å². The third-order valence-electron chi connectivity index (χ3n) is 7.48. The number of rotatable bonds is 4. The average Bonchev–Trinajstić information content (AvgIpc) is 3.38. The van der Waals surface area contributed by atoms with Gasteiger partial charge in [0, 0.05) is 42.5 Å². The van der Waals surface area contributed by atoms with Gasteiger partial charge in [-0.2, -0.15) is 0 Å². The van der Waals surface area contributed by atoms with Crippen LogP contribution in [0.4, 0.5) is 14.6 Å². The summed E-state index contributed by atoms with van der Waals surface area (Å²) in [6, 6.07) is 3.77. The zero-order valence-electron chi connectivity index (χ0n) is 18.0. The summed E-state index contributed by atoms with van der Waals surface area (Å²) in [6.45, 7) is 0. The van der Waals surface area contributed by atoms with Gasteiger partial charge in [0.1, 0.15) is 23.1 Å². The normalized spacial score (nSPS) is 24.6. The molecule has 0 amide bonds. The lowest BCUT2D eigenvalue weighted by Crippen LogP contribution is -2.51. The van der Waals surface area contributed by atoms with E-state index < -0.39 is 23.5 Å². The predicted octanol–water partition coefficient (Wildman–Crippen LogP) is 4.70. The van der Waals surface area contributed by atoms with Crippen LogP contribution in [-0.2, 0) is 11.8 Å². The van der Waals surface area contributed by atoms with Gasteiger partial charge < -0.3 is 20.0 Å². The van der Waals surface area contributed by atoms with Crippen LogP contribution in [0.1, 0.15) is 25.7 Å². The molecule has 170 valence electrons. The molecule has 7 nitrogen and oxygen atoms in total. The smallest absolute Gasteiger partial charge is 0.308 e. The van der Waals surface area contributed by atoms with Crippen molar-refractivity contribution in [3.05, 3.63) is 42.2 Å². The quantitative estimate of drug-likeness (QED) is 0.418. The fourth-order valence-electron chi connectivity index (χ4n) is 5.88. The van der Waals surface area contributed by atoms with Gasteiger partial charge in [0.25, 0.3) is 0 Å². The van der Waals surface area contributed by atoms with Crippen molar-refractivity contribution in [3.63, 3.8) is 0 Å². The SMILES string of the molecule is Cn1ccc2c(NC3C4CCC(CC4)C3C(=O)O)nc(-c3c[nH]c4c(F)cc(F)cc34)nc21. The Labute approximate surface area is 187 Å². The van der Waals surface area contributed by atoms with Crippen molar-refractivity contribution in [3.8, 4) is 11.4 Å². The maximum atomic E-state index is 14.3. The maximum absolute atomic E-state index is 14.3. The molecule has 1 aromatic carbocycles. The molecular formula is C24H23F2N5O2. The first-order valence-corrected chi connectivity index (χ1v) is 11.2. The fourth-order valence-corrected chi connectivity index (χ4v) is 5.88. The van der Waals surface area contributed by atoms with Gasteiger partial charge in [-0.1, -0.05) is 0 Å². The van der Waals surface area contributed by atoms with Crippen LogP contribution in [0.2, 0.25) is 0 Å². The van der Waals surface area contributed by atoms with Gasteiger partial charge in [0.15, 0.2) is 5.82 Å². The highest BCUT2D eigenvalue weighted by molar-refractivity contribution is 5.96. The fraction of sp³-hybridized carbons (Fsp3) is 0.375. The van der Waals surface area contributed by atoms with E-state index in [9.17, 15) is 18.7 Å². The molecule has 0 radical (unpaired) electrons. The highest BCUT2D eigenvalue weighted by atomic mass is 19.1. The van der Waals surface area contributed by atoms with E-state index in [2.05, 4.69) is 15.3 Å².